The number of esters is 1. The van der Waals surface area contributed by atoms with E-state index in [1.165, 1.54) is 6.92 Å². The number of anilines is 1. The Bertz CT molecular complexity index is 782. The van der Waals surface area contributed by atoms with Crippen LogP contribution in [0.25, 0.3) is 0 Å². The van der Waals surface area contributed by atoms with E-state index in [9.17, 15) is 18.4 Å². The molecule has 1 amide bonds. The third-order valence-electron chi connectivity index (χ3n) is 2.99. The third kappa shape index (κ3) is 4.43. The van der Waals surface area contributed by atoms with Gasteiger partial charge in [0.2, 0.25) is 0 Å². The first-order valence-corrected chi connectivity index (χ1v) is 7.45. The molecule has 0 aromatic heterocycles. The first kappa shape index (κ1) is 18.2. The summed E-state index contributed by atoms with van der Waals surface area (Å²) in [5.41, 5.74) is 0.0832. The van der Waals surface area contributed by atoms with Crippen molar-refractivity contribution in [3.8, 4) is 0 Å². The summed E-state index contributed by atoms with van der Waals surface area (Å²) in [6.07, 6.45) is -1.18. The smallest absolute Gasteiger partial charge is 0.340 e. The van der Waals surface area contributed by atoms with E-state index in [1.807, 2.05) is 0 Å². The van der Waals surface area contributed by atoms with E-state index in [0.29, 0.717) is 22.8 Å². The van der Waals surface area contributed by atoms with Crippen molar-refractivity contribution < 1.29 is 23.1 Å². The molecule has 8 heteroatoms. The van der Waals surface area contributed by atoms with E-state index in [2.05, 4.69) is 5.32 Å². The summed E-state index contributed by atoms with van der Waals surface area (Å²) in [6.45, 7) is 1.33. The quantitative estimate of drug-likeness (QED) is 0.635. The van der Waals surface area contributed by atoms with Gasteiger partial charge in [0, 0.05) is 10.7 Å². The van der Waals surface area contributed by atoms with Crippen molar-refractivity contribution >= 4 is 40.8 Å². The number of halogens is 4. The van der Waals surface area contributed by atoms with Crippen LogP contribution in [0.4, 0.5) is 14.5 Å². The van der Waals surface area contributed by atoms with Crippen molar-refractivity contribution in [2.45, 2.75) is 13.0 Å². The molecule has 0 aliphatic carbocycles. The summed E-state index contributed by atoms with van der Waals surface area (Å²) in [7, 11) is 0. The minimum atomic E-state index is -1.25. The van der Waals surface area contributed by atoms with Gasteiger partial charge in [-0.25, -0.2) is 13.6 Å². The Kier molecular flexibility index (Phi) is 5.75. The lowest BCUT2D eigenvalue weighted by Crippen LogP contribution is -2.30. The molecule has 0 fully saturated rings. The van der Waals surface area contributed by atoms with Gasteiger partial charge in [-0.15, -0.1) is 0 Å². The van der Waals surface area contributed by atoms with Gasteiger partial charge in [0.05, 0.1) is 10.6 Å². The molecule has 0 spiro atoms. The van der Waals surface area contributed by atoms with Crippen LogP contribution in [0.1, 0.15) is 17.3 Å². The molecule has 1 N–H and O–H groups in total. The summed E-state index contributed by atoms with van der Waals surface area (Å²) < 4.78 is 31.1. The highest BCUT2D eigenvalue weighted by Gasteiger charge is 2.22. The minimum absolute atomic E-state index is 0.316. The van der Waals surface area contributed by atoms with Gasteiger partial charge in [-0.1, -0.05) is 23.2 Å². The topological polar surface area (TPSA) is 55.4 Å². The second kappa shape index (κ2) is 7.59. The molecular weight excluding hydrogens is 363 g/mol. The Labute approximate surface area is 146 Å². The summed E-state index contributed by atoms with van der Waals surface area (Å²) in [5, 5.41) is 2.70. The molecule has 0 saturated carbocycles. The Hall–Kier alpha value is -2.18. The average Bonchev–Trinajstić information content (AvgIpc) is 2.52. The van der Waals surface area contributed by atoms with Gasteiger partial charge < -0.3 is 10.1 Å². The van der Waals surface area contributed by atoms with Gasteiger partial charge >= 0.3 is 5.97 Å². The zero-order valence-electron chi connectivity index (χ0n) is 12.3. The van der Waals surface area contributed by atoms with Crippen LogP contribution in [0.2, 0.25) is 10.0 Å². The SMILES string of the molecule is C[C@H](OC(=O)c1cc(F)c(F)cc1Cl)C(=O)Nc1ccc(Cl)cc1. The Morgan fingerprint density at radius 2 is 1.67 bits per heavy atom. The molecule has 0 unspecified atom stereocenters. The van der Waals surface area contributed by atoms with Crippen molar-refractivity contribution in [1.29, 1.82) is 0 Å². The van der Waals surface area contributed by atoms with Crippen molar-refractivity contribution in [3.63, 3.8) is 0 Å². The zero-order valence-corrected chi connectivity index (χ0v) is 13.8. The second-order valence-electron chi connectivity index (χ2n) is 4.79. The molecule has 0 saturated heterocycles. The van der Waals surface area contributed by atoms with E-state index >= 15 is 0 Å². The number of rotatable bonds is 4. The summed E-state index contributed by atoms with van der Waals surface area (Å²) in [6, 6.07) is 7.57. The standard InChI is InChI=1S/C16H11Cl2F2NO3/c1-8(15(22)21-10-4-2-9(17)3-5-10)24-16(23)11-6-13(19)14(20)7-12(11)18/h2-8H,1H3,(H,21,22)/t8-/m0/s1. The van der Waals surface area contributed by atoms with Gasteiger partial charge in [-0.3, -0.25) is 4.79 Å². The number of benzene rings is 2. The lowest BCUT2D eigenvalue weighted by atomic mass is 10.2. The van der Waals surface area contributed by atoms with Gasteiger partial charge in [0.1, 0.15) is 0 Å². The Morgan fingerprint density at radius 3 is 2.29 bits per heavy atom. The van der Waals surface area contributed by atoms with Crippen LogP contribution in [-0.2, 0) is 9.53 Å². The van der Waals surface area contributed by atoms with E-state index < -0.39 is 29.6 Å². The molecular formula is C16H11Cl2F2NO3. The molecule has 0 radical (unpaired) electrons. The number of carbonyl (C=O) groups excluding carboxylic acids is 2. The fraction of sp³-hybridized carbons (Fsp3) is 0.125. The predicted molar refractivity (Wildman–Crippen MR) is 86.3 cm³/mol. The number of amides is 1. The summed E-state index contributed by atoms with van der Waals surface area (Å²) >= 11 is 11.4. The molecule has 2 aromatic rings. The van der Waals surface area contributed by atoms with Crippen LogP contribution in [0.3, 0.4) is 0 Å². The van der Waals surface area contributed by atoms with Crippen molar-refractivity contribution in [2.75, 3.05) is 5.32 Å². The zero-order chi connectivity index (χ0) is 17.9. The second-order valence-corrected chi connectivity index (χ2v) is 5.63. The Balaban J connectivity index is 2.04. The third-order valence-corrected chi connectivity index (χ3v) is 3.56. The molecule has 24 heavy (non-hydrogen) atoms. The van der Waals surface area contributed by atoms with Crippen molar-refractivity contribution in [2.24, 2.45) is 0 Å². The van der Waals surface area contributed by atoms with E-state index in [1.54, 1.807) is 24.3 Å². The summed E-state index contributed by atoms with van der Waals surface area (Å²) in [5.74, 6) is -4.09. The number of carbonyl (C=O) groups is 2. The van der Waals surface area contributed by atoms with Gasteiger partial charge in [-0.05, 0) is 43.3 Å². The van der Waals surface area contributed by atoms with Gasteiger partial charge in [0.25, 0.3) is 5.91 Å². The maximum absolute atomic E-state index is 13.2. The number of hydrogen-bond donors (Lipinski definition) is 1. The fourth-order valence-corrected chi connectivity index (χ4v) is 2.09. The molecule has 4 nitrogen and oxygen atoms in total. The lowest BCUT2D eigenvalue weighted by Gasteiger charge is -2.14. The highest BCUT2D eigenvalue weighted by Crippen LogP contribution is 2.21. The van der Waals surface area contributed by atoms with Crippen LogP contribution in [0, 0.1) is 11.6 Å². The molecule has 126 valence electrons. The first-order chi connectivity index (χ1) is 11.3. The number of nitrogens with one attached hydrogen (secondary N) is 1. The number of hydrogen-bond acceptors (Lipinski definition) is 3. The molecule has 0 bridgehead atoms. The van der Waals surface area contributed by atoms with Crippen LogP contribution < -0.4 is 5.32 Å². The lowest BCUT2D eigenvalue weighted by molar-refractivity contribution is -0.123. The van der Waals surface area contributed by atoms with Crippen LogP contribution in [0.5, 0.6) is 0 Å². The molecule has 0 aliphatic rings. The van der Waals surface area contributed by atoms with Gasteiger partial charge in [-0.2, -0.15) is 0 Å². The van der Waals surface area contributed by atoms with Gasteiger partial charge in [0.15, 0.2) is 17.7 Å². The number of ether oxygens (including phenoxy) is 1. The molecule has 0 aliphatic heterocycles. The van der Waals surface area contributed by atoms with E-state index in [4.69, 9.17) is 27.9 Å². The molecule has 2 aromatic carbocycles. The average molecular weight is 374 g/mol. The molecule has 0 heterocycles. The molecule has 1 atom stereocenters. The van der Waals surface area contributed by atoms with Crippen LogP contribution in [0.15, 0.2) is 36.4 Å². The van der Waals surface area contributed by atoms with Crippen LogP contribution in [-0.4, -0.2) is 18.0 Å². The summed E-state index contributed by atoms with van der Waals surface area (Å²) in [4.78, 5) is 23.9. The maximum atomic E-state index is 13.2. The fourth-order valence-electron chi connectivity index (χ4n) is 1.73. The predicted octanol–water partition coefficient (Wildman–Crippen LogP) is 4.46. The van der Waals surface area contributed by atoms with E-state index in [0.717, 1.165) is 0 Å². The minimum Gasteiger partial charge on any atom is -0.449 e. The molecule has 2 rings (SSSR count). The highest BCUT2D eigenvalue weighted by atomic mass is 35.5. The normalized spacial score (nSPS) is 11.7. The maximum Gasteiger partial charge on any atom is 0.340 e. The van der Waals surface area contributed by atoms with Crippen molar-refractivity contribution in [1.82, 2.24) is 0 Å². The Morgan fingerprint density at radius 1 is 1.08 bits per heavy atom. The monoisotopic (exact) mass is 373 g/mol. The highest BCUT2D eigenvalue weighted by molar-refractivity contribution is 6.33. The first-order valence-electron chi connectivity index (χ1n) is 6.70. The van der Waals surface area contributed by atoms with Crippen molar-refractivity contribution in [3.05, 3.63) is 63.6 Å². The van der Waals surface area contributed by atoms with E-state index in [-0.39, 0.29) is 10.6 Å². The van der Waals surface area contributed by atoms with Crippen LogP contribution >= 0.6 is 23.2 Å². The largest absolute Gasteiger partial charge is 0.449 e.